The lowest BCUT2D eigenvalue weighted by atomic mass is 10.1. The van der Waals surface area contributed by atoms with Crippen molar-refractivity contribution in [3.8, 4) is 17.0 Å². The first-order chi connectivity index (χ1) is 8.60. The number of benzene rings is 1. The third-order valence-corrected chi connectivity index (χ3v) is 2.52. The van der Waals surface area contributed by atoms with E-state index in [-0.39, 0.29) is 11.0 Å². The predicted molar refractivity (Wildman–Crippen MR) is 68.3 cm³/mol. The van der Waals surface area contributed by atoms with Crippen molar-refractivity contribution in [1.82, 2.24) is 9.97 Å². The minimum atomic E-state index is -0.415. The Balaban J connectivity index is 2.42. The highest BCUT2D eigenvalue weighted by molar-refractivity contribution is 6.28. The first-order valence-corrected chi connectivity index (χ1v) is 5.92. The molecule has 1 aromatic carbocycles. The molecule has 0 bridgehead atoms. The predicted octanol–water partition coefficient (Wildman–Crippen LogP) is 3.64. The third-order valence-electron chi connectivity index (χ3n) is 2.35. The number of aromatic nitrogens is 2. The van der Waals surface area contributed by atoms with Crippen molar-refractivity contribution in [2.75, 3.05) is 6.61 Å². The molecule has 1 aromatic heterocycles. The van der Waals surface area contributed by atoms with Crippen LogP contribution in [-0.4, -0.2) is 16.6 Å². The smallest absolute Gasteiger partial charge is 0.223 e. The second-order valence-corrected chi connectivity index (χ2v) is 4.08. The molecule has 0 aliphatic rings. The van der Waals surface area contributed by atoms with Crippen molar-refractivity contribution in [1.29, 1.82) is 0 Å². The molecule has 0 spiro atoms. The van der Waals surface area contributed by atoms with E-state index < -0.39 is 5.82 Å². The number of hydrogen-bond acceptors (Lipinski definition) is 3. The summed E-state index contributed by atoms with van der Waals surface area (Å²) >= 11 is 5.78. The second-order valence-electron chi connectivity index (χ2n) is 3.74. The Hall–Kier alpha value is -1.68. The fraction of sp³-hybridized carbons (Fsp3) is 0.231. The van der Waals surface area contributed by atoms with Gasteiger partial charge in [-0.05, 0) is 49.7 Å². The highest BCUT2D eigenvalue weighted by Crippen LogP contribution is 2.25. The van der Waals surface area contributed by atoms with Gasteiger partial charge in [0.25, 0.3) is 0 Å². The Kier molecular flexibility index (Phi) is 3.77. The summed E-state index contributed by atoms with van der Waals surface area (Å²) in [5.41, 5.74) is 1.97. The van der Waals surface area contributed by atoms with Crippen molar-refractivity contribution >= 4 is 11.6 Å². The van der Waals surface area contributed by atoms with Gasteiger partial charge in [0.1, 0.15) is 0 Å². The Morgan fingerprint density at radius 3 is 2.67 bits per heavy atom. The molecule has 0 unspecified atom stereocenters. The summed E-state index contributed by atoms with van der Waals surface area (Å²) in [6, 6.07) is 6.45. The zero-order valence-corrected chi connectivity index (χ0v) is 10.8. The molecule has 0 saturated heterocycles. The quantitative estimate of drug-likeness (QED) is 0.796. The normalized spacial score (nSPS) is 10.4. The second kappa shape index (κ2) is 5.31. The maximum atomic E-state index is 13.7. The maximum Gasteiger partial charge on any atom is 0.223 e. The Morgan fingerprint density at radius 1 is 1.28 bits per heavy atom. The molecule has 3 nitrogen and oxygen atoms in total. The average molecular weight is 267 g/mol. The van der Waals surface area contributed by atoms with E-state index in [1.54, 1.807) is 25.1 Å². The molecule has 0 amide bonds. The molecule has 0 N–H and O–H groups in total. The number of nitrogens with zero attached hydrogens (tertiary/aromatic N) is 2. The highest BCUT2D eigenvalue weighted by Gasteiger charge is 2.08. The maximum absolute atomic E-state index is 13.7. The molecular weight excluding hydrogens is 255 g/mol. The highest BCUT2D eigenvalue weighted by atomic mass is 35.5. The van der Waals surface area contributed by atoms with Gasteiger partial charge in [0, 0.05) is 11.3 Å². The molecule has 0 fully saturated rings. The summed E-state index contributed by atoms with van der Waals surface area (Å²) in [6.45, 7) is 4.04. The van der Waals surface area contributed by atoms with E-state index in [1.165, 1.54) is 6.07 Å². The molecule has 0 saturated carbocycles. The van der Waals surface area contributed by atoms with Gasteiger partial charge in [-0.3, -0.25) is 0 Å². The SMILES string of the molecule is CCOc1ccc(-c2cc(C)nc(Cl)n2)cc1F. The van der Waals surface area contributed by atoms with Gasteiger partial charge >= 0.3 is 0 Å². The van der Waals surface area contributed by atoms with Crippen LogP contribution in [0.5, 0.6) is 5.75 Å². The van der Waals surface area contributed by atoms with Crippen LogP contribution < -0.4 is 4.74 Å². The van der Waals surface area contributed by atoms with E-state index >= 15 is 0 Å². The molecule has 0 aliphatic carbocycles. The van der Waals surface area contributed by atoms with Crippen LogP contribution in [0.15, 0.2) is 24.3 Å². The lowest BCUT2D eigenvalue weighted by Crippen LogP contribution is -1.96. The molecule has 0 atom stereocenters. The standard InChI is InChI=1S/C13H12ClFN2O/c1-3-18-12-5-4-9(7-10(12)15)11-6-8(2)16-13(14)17-11/h4-7H,3H2,1-2H3. The summed E-state index contributed by atoms with van der Waals surface area (Å²) in [5, 5.41) is 0.152. The van der Waals surface area contributed by atoms with Crippen molar-refractivity contribution < 1.29 is 9.13 Å². The molecule has 2 rings (SSSR count). The zero-order valence-electron chi connectivity index (χ0n) is 10.1. The van der Waals surface area contributed by atoms with E-state index in [2.05, 4.69) is 9.97 Å². The Labute approximate surface area is 110 Å². The monoisotopic (exact) mass is 266 g/mol. The van der Waals surface area contributed by atoms with Gasteiger partial charge in [-0.15, -0.1) is 0 Å². The van der Waals surface area contributed by atoms with Crippen LogP contribution in [0.1, 0.15) is 12.6 Å². The van der Waals surface area contributed by atoms with Crippen molar-refractivity contribution in [2.24, 2.45) is 0 Å². The number of rotatable bonds is 3. The average Bonchev–Trinajstić information content (AvgIpc) is 2.30. The van der Waals surface area contributed by atoms with Gasteiger partial charge in [-0.2, -0.15) is 0 Å². The van der Waals surface area contributed by atoms with Crippen LogP contribution >= 0.6 is 11.6 Å². The summed E-state index contributed by atoms with van der Waals surface area (Å²) in [5.74, 6) is -0.181. The van der Waals surface area contributed by atoms with Gasteiger partial charge in [-0.1, -0.05) is 0 Å². The van der Waals surface area contributed by atoms with Gasteiger partial charge in [0.05, 0.1) is 12.3 Å². The van der Waals surface area contributed by atoms with Crippen molar-refractivity contribution in [3.63, 3.8) is 0 Å². The molecule has 94 valence electrons. The van der Waals surface area contributed by atoms with Gasteiger partial charge in [-0.25, -0.2) is 14.4 Å². The minimum absolute atomic E-state index is 0.152. The van der Waals surface area contributed by atoms with E-state index in [0.717, 1.165) is 5.69 Å². The molecule has 0 radical (unpaired) electrons. The first-order valence-electron chi connectivity index (χ1n) is 5.54. The lowest BCUT2D eigenvalue weighted by Gasteiger charge is -2.07. The number of aryl methyl sites for hydroxylation is 1. The first kappa shape index (κ1) is 12.8. The Bertz CT molecular complexity index is 555. The van der Waals surface area contributed by atoms with Gasteiger partial charge in [0.2, 0.25) is 5.28 Å². The van der Waals surface area contributed by atoms with Crippen LogP contribution in [0.2, 0.25) is 5.28 Å². The lowest BCUT2D eigenvalue weighted by molar-refractivity contribution is 0.321. The van der Waals surface area contributed by atoms with Crippen molar-refractivity contribution in [2.45, 2.75) is 13.8 Å². The molecule has 2 aromatic rings. The van der Waals surface area contributed by atoms with Crippen molar-refractivity contribution in [3.05, 3.63) is 41.1 Å². The van der Waals surface area contributed by atoms with E-state index in [9.17, 15) is 4.39 Å². The molecule has 0 aliphatic heterocycles. The fourth-order valence-corrected chi connectivity index (χ4v) is 1.84. The van der Waals surface area contributed by atoms with E-state index in [0.29, 0.717) is 17.9 Å². The van der Waals surface area contributed by atoms with Crippen LogP contribution in [0.25, 0.3) is 11.3 Å². The minimum Gasteiger partial charge on any atom is -0.491 e. The summed E-state index contributed by atoms with van der Waals surface area (Å²) in [7, 11) is 0. The van der Waals surface area contributed by atoms with Crippen LogP contribution in [0.3, 0.4) is 0 Å². The zero-order chi connectivity index (χ0) is 13.1. The molecular formula is C13H12ClFN2O. The van der Waals surface area contributed by atoms with E-state index in [4.69, 9.17) is 16.3 Å². The van der Waals surface area contributed by atoms with Gasteiger partial charge < -0.3 is 4.74 Å². The van der Waals surface area contributed by atoms with Crippen LogP contribution in [-0.2, 0) is 0 Å². The molecule has 5 heteroatoms. The van der Waals surface area contributed by atoms with Crippen LogP contribution in [0.4, 0.5) is 4.39 Å². The largest absolute Gasteiger partial charge is 0.491 e. The number of hydrogen-bond donors (Lipinski definition) is 0. The Morgan fingerprint density at radius 2 is 2.06 bits per heavy atom. The van der Waals surface area contributed by atoms with Crippen LogP contribution in [0, 0.1) is 12.7 Å². The summed E-state index contributed by atoms with van der Waals surface area (Å²) < 4.78 is 18.9. The summed E-state index contributed by atoms with van der Waals surface area (Å²) in [4.78, 5) is 8.03. The third kappa shape index (κ3) is 2.76. The summed E-state index contributed by atoms with van der Waals surface area (Å²) in [6.07, 6.45) is 0. The molecule has 18 heavy (non-hydrogen) atoms. The van der Waals surface area contributed by atoms with Gasteiger partial charge in [0.15, 0.2) is 11.6 Å². The van der Waals surface area contributed by atoms with E-state index in [1.807, 2.05) is 6.92 Å². The molecule has 1 heterocycles. The fourth-order valence-electron chi connectivity index (χ4n) is 1.61. The number of ether oxygens (including phenoxy) is 1. The number of halogens is 2. The topological polar surface area (TPSA) is 35.0 Å².